The summed E-state index contributed by atoms with van der Waals surface area (Å²) in [6.45, 7) is 6.35. The van der Waals surface area contributed by atoms with Gasteiger partial charge in [-0.3, -0.25) is 4.79 Å². The van der Waals surface area contributed by atoms with E-state index < -0.39 is 5.54 Å². The molecule has 0 aliphatic heterocycles. The Balaban J connectivity index is 2.56. The zero-order valence-electron chi connectivity index (χ0n) is 9.17. The summed E-state index contributed by atoms with van der Waals surface area (Å²) >= 11 is 1.71. The highest BCUT2D eigenvalue weighted by Gasteiger charge is 2.47. The number of thioether (sulfide) groups is 1. The zero-order chi connectivity index (χ0) is 11.0. The van der Waals surface area contributed by atoms with Gasteiger partial charge in [-0.2, -0.15) is 11.8 Å². The average Bonchev–Trinajstić information content (AvgIpc) is 2.80. The summed E-state index contributed by atoms with van der Waals surface area (Å²) < 4.78 is 0.134. The van der Waals surface area contributed by atoms with Crippen LogP contribution in [0.1, 0.15) is 33.6 Å². The number of carbonyl (C=O) groups excluding carboxylic acids is 1. The van der Waals surface area contributed by atoms with Gasteiger partial charge in [-0.05, 0) is 18.8 Å². The summed E-state index contributed by atoms with van der Waals surface area (Å²) in [5, 5.41) is 0. The molecule has 0 heterocycles. The third-order valence-corrected chi connectivity index (χ3v) is 4.00. The van der Waals surface area contributed by atoms with Crippen LogP contribution >= 0.6 is 11.8 Å². The molecule has 1 unspecified atom stereocenters. The smallest absolute Gasteiger partial charge is 0.238 e. The molecule has 1 atom stereocenters. The Hall–Kier alpha value is -0.220. The van der Waals surface area contributed by atoms with Crippen LogP contribution in [0.4, 0.5) is 0 Å². The maximum atomic E-state index is 11.3. The third kappa shape index (κ3) is 2.89. The molecule has 0 radical (unpaired) electrons. The van der Waals surface area contributed by atoms with Crippen LogP contribution in [-0.2, 0) is 4.79 Å². The van der Waals surface area contributed by atoms with Crippen molar-refractivity contribution in [2.45, 2.75) is 43.9 Å². The van der Waals surface area contributed by atoms with Gasteiger partial charge in [0.1, 0.15) is 5.54 Å². The van der Waals surface area contributed by atoms with Gasteiger partial charge in [0.15, 0.2) is 0 Å². The average molecular weight is 216 g/mol. The van der Waals surface area contributed by atoms with Gasteiger partial charge in [-0.25, -0.2) is 0 Å². The molecule has 0 saturated heterocycles. The van der Waals surface area contributed by atoms with Gasteiger partial charge in [-0.1, -0.05) is 20.8 Å². The fraction of sp³-hybridized carbons (Fsp3) is 0.900. The Morgan fingerprint density at radius 1 is 1.43 bits per heavy atom. The zero-order valence-corrected chi connectivity index (χ0v) is 9.99. The lowest BCUT2D eigenvalue weighted by Crippen LogP contribution is -2.56. The Morgan fingerprint density at radius 3 is 2.21 bits per heavy atom. The molecule has 82 valence electrons. The number of rotatable bonds is 4. The fourth-order valence-corrected chi connectivity index (χ4v) is 2.37. The topological polar surface area (TPSA) is 69.1 Å². The fourth-order valence-electron chi connectivity index (χ4n) is 1.32. The molecule has 0 aromatic heterocycles. The highest BCUT2D eigenvalue weighted by molar-refractivity contribution is 8.00. The molecule has 14 heavy (non-hydrogen) atoms. The Kier molecular flexibility index (Phi) is 3.17. The minimum atomic E-state index is -0.780. The summed E-state index contributed by atoms with van der Waals surface area (Å²) in [5.74, 6) is 0.600. The molecule has 0 aromatic rings. The first kappa shape index (κ1) is 11.9. The molecule has 0 spiro atoms. The SMILES string of the molecule is CC(C)(C)SCC(N)(C(N)=O)C1CC1. The van der Waals surface area contributed by atoms with Crippen molar-refractivity contribution in [3.05, 3.63) is 0 Å². The van der Waals surface area contributed by atoms with Crippen molar-refractivity contribution in [3.63, 3.8) is 0 Å². The number of carbonyl (C=O) groups is 1. The molecular weight excluding hydrogens is 196 g/mol. The van der Waals surface area contributed by atoms with Crippen LogP contribution in [0.3, 0.4) is 0 Å². The quantitative estimate of drug-likeness (QED) is 0.739. The van der Waals surface area contributed by atoms with Gasteiger partial charge >= 0.3 is 0 Å². The van der Waals surface area contributed by atoms with E-state index in [-0.39, 0.29) is 10.7 Å². The number of amides is 1. The molecule has 0 bridgehead atoms. The van der Waals surface area contributed by atoms with Crippen LogP contribution in [0.5, 0.6) is 0 Å². The maximum Gasteiger partial charge on any atom is 0.238 e. The van der Waals surface area contributed by atoms with Gasteiger partial charge in [0.05, 0.1) is 0 Å². The maximum absolute atomic E-state index is 11.3. The van der Waals surface area contributed by atoms with Crippen LogP contribution in [0.2, 0.25) is 0 Å². The Labute approximate surface area is 90.0 Å². The second-order valence-corrected chi connectivity index (χ2v) is 6.88. The van der Waals surface area contributed by atoms with E-state index in [2.05, 4.69) is 20.8 Å². The lowest BCUT2D eigenvalue weighted by Gasteiger charge is -2.29. The second-order valence-electron chi connectivity index (χ2n) is 5.08. The van der Waals surface area contributed by atoms with E-state index in [1.807, 2.05) is 0 Å². The van der Waals surface area contributed by atoms with E-state index in [1.165, 1.54) is 0 Å². The minimum absolute atomic E-state index is 0.134. The standard InChI is InChI=1S/C10H20N2OS/c1-9(2,3)14-6-10(12,8(11)13)7-4-5-7/h7H,4-6,12H2,1-3H3,(H2,11,13). The minimum Gasteiger partial charge on any atom is -0.368 e. The summed E-state index contributed by atoms with van der Waals surface area (Å²) in [4.78, 5) is 11.3. The second kappa shape index (κ2) is 3.74. The molecule has 1 aliphatic carbocycles. The largest absolute Gasteiger partial charge is 0.368 e. The van der Waals surface area contributed by atoms with Crippen LogP contribution < -0.4 is 11.5 Å². The number of hydrogen-bond acceptors (Lipinski definition) is 3. The van der Waals surface area contributed by atoms with E-state index in [0.717, 1.165) is 12.8 Å². The molecule has 1 saturated carbocycles. The van der Waals surface area contributed by atoms with E-state index >= 15 is 0 Å². The van der Waals surface area contributed by atoms with E-state index in [1.54, 1.807) is 11.8 Å². The molecule has 3 nitrogen and oxygen atoms in total. The molecule has 4 heteroatoms. The van der Waals surface area contributed by atoms with E-state index in [0.29, 0.717) is 11.7 Å². The first-order valence-electron chi connectivity index (χ1n) is 4.98. The van der Waals surface area contributed by atoms with Crippen molar-refractivity contribution < 1.29 is 4.79 Å². The molecule has 1 rings (SSSR count). The summed E-state index contributed by atoms with van der Waals surface area (Å²) in [6, 6.07) is 0. The lowest BCUT2D eigenvalue weighted by atomic mass is 9.96. The molecular formula is C10H20N2OS. The Bertz CT molecular complexity index is 233. The normalized spacial score (nSPS) is 21.7. The molecule has 4 N–H and O–H groups in total. The van der Waals surface area contributed by atoms with Crippen molar-refractivity contribution in [2.24, 2.45) is 17.4 Å². The van der Waals surface area contributed by atoms with Gasteiger partial charge in [0.2, 0.25) is 5.91 Å². The number of nitrogens with two attached hydrogens (primary N) is 2. The third-order valence-electron chi connectivity index (χ3n) is 2.51. The van der Waals surface area contributed by atoms with Crippen molar-refractivity contribution in [1.82, 2.24) is 0 Å². The van der Waals surface area contributed by atoms with E-state index in [4.69, 9.17) is 11.5 Å². The van der Waals surface area contributed by atoms with Crippen LogP contribution in [0, 0.1) is 5.92 Å². The highest BCUT2D eigenvalue weighted by atomic mass is 32.2. The molecule has 0 aromatic carbocycles. The summed E-state index contributed by atoms with van der Waals surface area (Å²) in [7, 11) is 0. The Morgan fingerprint density at radius 2 is 1.93 bits per heavy atom. The first-order chi connectivity index (χ1) is 6.26. The van der Waals surface area contributed by atoms with Crippen molar-refractivity contribution >= 4 is 17.7 Å². The predicted molar refractivity (Wildman–Crippen MR) is 61.0 cm³/mol. The first-order valence-corrected chi connectivity index (χ1v) is 5.97. The van der Waals surface area contributed by atoms with Crippen LogP contribution in [0.25, 0.3) is 0 Å². The van der Waals surface area contributed by atoms with Crippen LogP contribution in [0.15, 0.2) is 0 Å². The van der Waals surface area contributed by atoms with Gasteiger partial charge in [-0.15, -0.1) is 0 Å². The van der Waals surface area contributed by atoms with Crippen molar-refractivity contribution in [2.75, 3.05) is 5.75 Å². The summed E-state index contributed by atoms with van der Waals surface area (Å²) in [5.41, 5.74) is 10.6. The lowest BCUT2D eigenvalue weighted by molar-refractivity contribution is -0.123. The van der Waals surface area contributed by atoms with Gasteiger partial charge in [0, 0.05) is 10.5 Å². The molecule has 1 amide bonds. The summed E-state index contributed by atoms with van der Waals surface area (Å²) in [6.07, 6.45) is 2.09. The van der Waals surface area contributed by atoms with Gasteiger partial charge in [0.25, 0.3) is 0 Å². The molecule has 1 fully saturated rings. The number of hydrogen-bond donors (Lipinski definition) is 2. The van der Waals surface area contributed by atoms with Gasteiger partial charge < -0.3 is 11.5 Å². The van der Waals surface area contributed by atoms with Crippen LogP contribution in [-0.4, -0.2) is 21.9 Å². The number of primary amides is 1. The van der Waals surface area contributed by atoms with E-state index in [9.17, 15) is 4.79 Å². The predicted octanol–water partition coefficient (Wildman–Crippen LogP) is 1.11. The highest BCUT2D eigenvalue weighted by Crippen LogP contribution is 2.41. The van der Waals surface area contributed by atoms with Crippen molar-refractivity contribution in [3.8, 4) is 0 Å². The monoisotopic (exact) mass is 216 g/mol. The molecule has 1 aliphatic rings. The van der Waals surface area contributed by atoms with Crippen molar-refractivity contribution in [1.29, 1.82) is 0 Å².